The van der Waals surface area contributed by atoms with Gasteiger partial charge in [-0.3, -0.25) is 4.79 Å². The van der Waals surface area contributed by atoms with Gasteiger partial charge in [-0.25, -0.2) is 4.79 Å². The minimum atomic E-state index is -1.08. The second-order valence-corrected chi connectivity index (χ2v) is 3.49. The summed E-state index contributed by atoms with van der Waals surface area (Å²) >= 11 is 0. The van der Waals surface area contributed by atoms with Crippen molar-refractivity contribution in [3.63, 3.8) is 0 Å². The number of carboxylic acid groups (broad SMARTS) is 1. The van der Waals surface area contributed by atoms with Crippen molar-refractivity contribution in [3.8, 4) is 0 Å². The van der Waals surface area contributed by atoms with Crippen molar-refractivity contribution in [3.05, 3.63) is 12.7 Å². The Labute approximate surface area is 76.2 Å². The number of esters is 1. The van der Waals surface area contributed by atoms with Gasteiger partial charge in [0.1, 0.15) is 0 Å². The minimum Gasteiger partial charge on any atom is -0.479 e. The maximum Gasteiger partial charge on any atom is 0.345 e. The fourth-order valence-corrected chi connectivity index (χ4v) is 1.43. The third kappa shape index (κ3) is 1.71. The van der Waals surface area contributed by atoms with E-state index in [2.05, 4.69) is 6.58 Å². The van der Waals surface area contributed by atoms with E-state index in [1.807, 2.05) is 0 Å². The highest BCUT2D eigenvalue weighted by Crippen LogP contribution is 2.37. The first-order chi connectivity index (χ1) is 5.99. The topological polar surface area (TPSA) is 63.6 Å². The third-order valence-corrected chi connectivity index (χ3v) is 2.25. The molecule has 0 saturated carbocycles. The molecular weight excluding hydrogens is 172 g/mol. The van der Waals surface area contributed by atoms with Gasteiger partial charge in [-0.15, -0.1) is 6.58 Å². The molecule has 1 fully saturated rings. The number of ether oxygens (including phenoxy) is 1. The van der Waals surface area contributed by atoms with E-state index >= 15 is 0 Å². The molecule has 2 atom stereocenters. The number of carbonyl (C=O) groups is 2. The second kappa shape index (κ2) is 3.20. The minimum absolute atomic E-state index is 0.229. The molecule has 0 aromatic rings. The van der Waals surface area contributed by atoms with Crippen LogP contribution >= 0.6 is 0 Å². The average molecular weight is 184 g/mol. The van der Waals surface area contributed by atoms with Crippen molar-refractivity contribution in [1.82, 2.24) is 0 Å². The second-order valence-electron chi connectivity index (χ2n) is 3.49. The fourth-order valence-electron chi connectivity index (χ4n) is 1.43. The molecule has 0 unspecified atom stereocenters. The molecule has 0 aliphatic carbocycles. The van der Waals surface area contributed by atoms with E-state index in [0.717, 1.165) is 0 Å². The Kier molecular flexibility index (Phi) is 2.40. The first-order valence-corrected chi connectivity index (χ1v) is 4.04. The largest absolute Gasteiger partial charge is 0.479 e. The summed E-state index contributed by atoms with van der Waals surface area (Å²) < 4.78 is 4.70. The molecule has 1 aliphatic heterocycles. The molecule has 0 radical (unpaired) electrons. The van der Waals surface area contributed by atoms with Crippen molar-refractivity contribution in [2.24, 2.45) is 5.41 Å². The molecule has 0 aromatic heterocycles. The number of aliphatic carboxylic acids is 1. The maximum absolute atomic E-state index is 11.3. The molecule has 1 aliphatic rings. The predicted octanol–water partition coefficient (Wildman–Crippen LogP) is 0.969. The molecule has 13 heavy (non-hydrogen) atoms. The predicted molar refractivity (Wildman–Crippen MR) is 45.1 cm³/mol. The number of hydrogen-bond donors (Lipinski definition) is 1. The van der Waals surface area contributed by atoms with Crippen LogP contribution in [0.2, 0.25) is 0 Å². The molecule has 72 valence electrons. The molecule has 1 N–H and O–H groups in total. The van der Waals surface area contributed by atoms with Gasteiger partial charge in [0.15, 0.2) is 6.10 Å². The van der Waals surface area contributed by atoms with Crippen molar-refractivity contribution >= 4 is 11.9 Å². The Morgan fingerprint density at radius 2 is 2.54 bits per heavy atom. The van der Waals surface area contributed by atoms with Gasteiger partial charge >= 0.3 is 11.9 Å². The van der Waals surface area contributed by atoms with Crippen LogP contribution in [0.25, 0.3) is 0 Å². The first-order valence-electron chi connectivity index (χ1n) is 4.04. The lowest BCUT2D eigenvalue weighted by Crippen LogP contribution is -2.21. The monoisotopic (exact) mass is 184 g/mol. The zero-order chi connectivity index (χ0) is 10.1. The van der Waals surface area contributed by atoms with E-state index < -0.39 is 23.5 Å². The molecule has 0 aromatic carbocycles. The highest BCUT2D eigenvalue weighted by Gasteiger charge is 2.47. The summed E-state index contributed by atoms with van der Waals surface area (Å²) in [6.07, 6.45) is 1.30. The SMILES string of the molecule is C=CC[C@@]1(C)C[C@@H](C(=O)O)OC1=O. The quantitative estimate of drug-likeness (QED) is 0.524. The molecular formula is C9H12O4. The molecule has 0 bridgehead atoms. The van der Waals surface area contributed by atoms with Crippen LogP contribution in [-0.4, -0.2) is 23.1 Å². The van der Waals surface area contributed by atoms with Crippen LogP contribution in [0.3, 0.4) is 0 Å². The summed E-state index contributed by atoms with van der Waals surface area (Å²) in [5.41, 5.74) is -0.704. The Morgan fingerprint density at radius 3 is 2.92 bits per heavy atom. The van der Waals surface area contributed by atoms with Gasteiger partial charge < -0.3 is 9.84 Å². The van der Waals surface area contributed by atoms with Crippen LogP contribution in [0.1, 0.15) is 19.8 Å². The van der Waals surface area contributed by atoms with Gasteiger partial charge in [0.2, 0.25) is 0 Å². The summed E-state index contributed by atoms with van der Waals surface area (Å²) in [6, 6.07) is 0. The highest BCUT2D eigenvalue weighted by atomic mass is 16.6. The highest BCUT2D eigenvalue weighted by molar-refractivity contribution is 5.85. The molecule has 1 heterocycles. The Morgan fingerprint density at radius 1 is 1.92 bits per heavy atom. The molecule has 4 nitrogen and oxygen atoms in total. The van der Waals surface area contributed by atoms with Gasteiger partial charge in [0.05, 0.1) is 5.41 Å². The van der Waals surface area contributed by atoms with Crippen molar-refractivity contribution in [2.75, 3.05) is 0 Å². The third-order valence-electron chi connectivity index (χ3n) is 2.25. The summed E-state index contributed by atoms with van der Waals surface area (Å²) in [5, 5.41) is 8.63. The van der Waals surface area contributed by atoms with Crippen molar-refractivity contribution in [1.29, 1.82) is 0 Å². The van der Waals surface area contributed by atoms with Gasteiger partial charge in [-0.2, -0.15) is 0 Å². The van der Waals surface area contributed by atoms with E-state index in [1.165, 1.54) is 0 Å². The Balaban J connectivity index is 2.76. The van der Waals surface area contributed by atoms with Gasteiger partial charge in [0, 0.05) is 6.42 Å². The summed E-state index contributed by atoms with van der Waals surface area (Å²) in [5.74, 6) is -1.53. The van der Waals surface area contributed by atoms with Crippen LogP contribution in [0.15, 0.2) is 12.7 Å². The smallest absolute Gasteiger partial charge is 0.345 e. The molecule has 1 rings (SSSR count). The lowest BCUT2D eigenvalue weighted by molar-refractivity contribution is -0.158. The Hall–Kier alpha value is -1.32. The standard InChI is InChI=1S/C9H12O4/c1-3-4-9(2)5-6(7(10)11)13-8(9)12/h3,6H,1,4-5H2,2H3,(H,10,11)/t6-,9-/m0/s1. The van der Waals surface area contributed by atoms with Crippen LogP contribution in [0, 0.1) is 5.41 Å². The van der Waals surface area contributed by atoms with Gasteiger partial charge in [-0.1, -0.05) is 6.08 Å². The van der Waals surface area contributed by atoms with Crippen LogP contribution in [0.4, 0.5) is 0 Å². The normalized spacial score (nSPS) is 32.7. The molecule has 0 spiro atoms. The Bertz CT molecular complexity index is 258. The summed E-state index contributed by atoms with van der Waals surface area (Å²) in [4.78, 5) is 21.8. The molecule has 0 amide bonds. The zero-order valence-electron chi connectivity index (χ0n) is 7.45. The number of carbonyl (C=O) groups excluding carboxylic acids is 1. The zero-order valence-corrected chi connectivity index (χ0v) is 7.45. The van der Waals surface area contributed by atoms with E-state index in [4.69, 9.17) is 9.84 Å². The van der Waals surface area contributed by atoms with E-state index in [0.29, 0.717) is 6.42 Å². The number of carboxylic acids is 1. The van der Waals surface area contributed by atoms with Crippen molar-refractivity contribution < 1.29 is 19.4 Å². The number of rotatable bonds is 3. The molecule has 1 saturated heterocycles. The van der Waals surface area contributed by atoms with Crippen LogP contribution < -0.4 is 0 Å². The lowest BCUT2D eigenvalue weighted by Gasteiger charge is -2.14. The summed E-state index contributed by atoms with van der Waals surface area (Å²) in [7, 11) is 0. The van der Waals surface area contributed by atoms with E-state index in [-0.39, 0.29) is 6.42 Å². The van der Waals surface area contributed by atoms with E-state index in [1.54, 1.807) is 13.0 Å². The van der Waals surface area contributed by atoms with Crippen molar-refractivity contribution in [2.45, 2.75) is 25.9 Å². The maximum atomic E-state index is 11.3. The van der Waals surface area contributed by atoms with Crippen LogP contribution in [0.5, 0.6) is 0 Å². The summed E-state index contributed by atoms with van der Waals surface area (Å²) in [6.45, 7) is 5.21. The number of hydrogen-bond acceptors (Lipinski definition) is 3. The number of allylic oxidation sites excluding steroid dienone is 1. The average Bonchev–Trinajstić information content (AvgIpc) is 2.29. The number of cyclic esters (lactones) is 1. The van der Waals surface area contributed by atoms with Crippen LogP contribution in [-0.2, 0) is 14.3 Å². The van der Waals surface area contributed by atoms with Gasteiger partial charge in [0.25, 0.3) is 0 Å². The fraction of sp³-hybridized carbons (Fsp3) is 0.556. The van der Waals surface area contributed by atoms with Gasteiger partial charge in [-0.05, 0) is 13.3 Å². The van der Waals surface area contributed by atoms with E-state index in [9.17, 15) is 9.59 Å². The first kappa shape index (κ1) is 9.77. The lowest BCUT2D eigenvalue weighted by atomic mass is 9.84. The molecule has 4 heteroatoms.